The van der Waals surface area contributed by atoms with Crippen LogP contribution in [0.25, 0.3) is 0 Å². The first-order chi connectivity index (χ1) is 12.6. The summed E-state index contributed by atoms with van der Waals surface area (Å²) < 4.78 is 20.9. The molecular formula is C18H16Cl2FN3OS. The first-order valence-electron chi connectivity index (χ1n) is 7.94. The third-order valence-electron chi connectivity index (χ3n) is 3.66. The fraction of sp³-hybridized carbons (Fsp3) is 0.222. The number of benzene rings is 2. The molecule has 3 aromatic rings. The minimum Gasteiger partial charge on any atom is -0.486 e. The number of thioether (sulfide) groups is 1. The monoisotopic (exact) mass is 411 g/mol. The predicted octanol–water partition coefficient (Wildman–Crippen LogP) is 5.62. The molecule has 1 heterocycles. The molecule has 4 nitrogen and oxygen atoms in total. The van der Waals surface area contributed by atoms with Crippen molar-refractivity contribution in [3.05, 3.63) is 69.7 Å². The molecule has 0 bridgehead atoms. The third kappa shape index (κ3) is 4.69. The quantitative estimate of drug-likeness (QED) is 0.473. The molecule has 0 saturated heterocycles. The van der Waals surface area contributed by atoms with Crippen LogP contribution in [-0.2, 0) is 18.9 Å². The van der Waals surface area contributed by atoms with Crippen LogP contribution in [0.4, 0.5) is 4.39 Å². The summed E-state index contributed by atoms with van der Waals surface area (Å²) in [6.45, 7) is 3.04. The standard InChI is InChI=1S/C18H16Cl2FN3OS/c1-2-24-17(10-25-15-7-4-13(19)5-8-15)22-23-18(24)26-11-12-3-6-14(21)9-16(12)20/h3-9H,2,10-11H2,1H3. The summed E-state index contributed by atoms with van der Waals surface area (Å²) in [7, 11) is 0. The van der Waals surface area contributed by atoms with Crippen molar-refractivity contribution in [2.75, 3.05) is 0 Å². The Bertz CT molecular complexity index is 887. The highest BCUT2D eigenvalue weighted by Gasteiger charge is 2.13. The van der Waals surface area contributed by atoms with Crippen molar-refractivity contribution in [2.45, 2.75) is 31.0 Å². The maximum atomic E-state index is 13.1. The second kappa shape index (κ2) is 8.75. The number of nitrogens with zero attached hydrogens (tertiary/aromatic N) is 3. The normalized spacial score (nSPS) is 10.9. The van der Waals surface area contributed by atoms with E-state index in [0.717, 1.165) is 16.5 Å². The van der Waals surface area contributed by atoms with E-state index in [1.165, 1.54) is 23.9 Å². The Balaban J connectivity index is 1.66. The molecule has 0 radical (unpaired) electrons. The molecule has 0 atom stereocenters. The summed E-state index contributed by atoms with van der Waals surface area (Å²) in [5.41, 5.74) is 0.850. The number of aromatic nitrogens is 3. The van der Waals surface area contributed by atoms with Crippen LogP contribution in [0.5, 0.6) is 5.75 Å². The lowest BCUT2D eigenvalue weighted by Gasteiger charge is -2.09. The van der Waals surface area contributed by atoms with Gasteiger partial charge in [-0.3, -0.25) is 0 Å². The molecular weight excluding hydrogens is 396 g/mol. The number of rotatable bonds is 7. The Hall–Kier alpha value is -1.76. The van der Waals surface area contributed by atoms with Crippen molar-refractivity contribution in [1.29, 1.82) is 0 Å². The second-order valence-electron chi connectivity index (χ2n) is 5.41. The van der Waals surface area contributed by atoms with Gasteiger partial charge in [-0.25, -0.2) is 4.39 Å². The van der Waals surface area contributed by atoms with Crippen LogP contribution in [0.15, 0.2) is 47.6 Å². The van der Waals surface area contributed by atoms with Crippen molar-refractivity contribution in [1.82, 2.24) is 14.8 Å². The lowest BCUT2D eigenvalue weighted by atomic mass is 10.2. The molecule has 0 spiro atoms. The molecule has 0 aliphatic rings. The van der Waals surface area contributed by atoms with E-state index in [2.05, 4.69) is 10.2 Å². The average molecular weight is 412 g/mol. The van der Waals surface area contributed by atoms with E-state index in [1.807, 2.05) is 11.5 Å². The lowest BCUT2D eigenvalue weighted by molar-refractivity contribution is 0.288. The molecule has 8 heteroatoms. The van der Waals surface area contributed by atoms with Crippen molar-refractivity contribution in [3.8, 4) is 5.75 Å². The molecule has 0 fully saturated rings. The topological polar surface area (TPSA) is 39.9 Å². The zero-order valence-electron chi connectivity index (χ0n) is 14.0. The Labute approximate surface area is 165 Å². The summed E-state index contributed by atoms with van der Waals surface area (Å²) in [6.07, 6.45) is 0. The van der Waals surface area contributed by atoms with Crippen molar-refractivity contribution < 1.29 is 9.13 Å². The van der Waals surface area contributed by atoms with Crippen LogP contribution < -0.4 is 4.74 Å². The lowest BCUT2D eigenvalue weighted by Crippen LogP contribution is -2.07. The molecule has 0 unspecified atom stereocenters. The van der Waals surface area contributed by atoms with Gasteiger partial charge in [0.1, 0.15) is 18.2 Å². The van der Waals surface area contributed by atoms with Gasteiger partial charge in [-0.1, -0.05) is 41.0 Å². The fourth-order valence-electron chi connectivity index (χ4n) is 2.31. The van der Waals surface area contributed by atoms with E-state index in [1.54, 1.807) is 30.3 Å². The van der Waals surface area contributed by atoms with E-state index in [4.69, 9.17) is 27.9 Å². The Morgan fingerprint density at radius 3 is 2.58 bits per heavy atom. The first kappa shape index (κ1) is 19.0. The second-order valence-corrected chi connectivity index (χ2v) is 7.20. The van der Waals surface area contributed by atoms with E-state index in [-0.39, 0.29) is 5.82 Å². The van der Waals surface area contributed by atoms with Gasteiger partial charge in [-0.15, -0.1) is 10.2 Å². The Kier molecular flexibility index (Phi) is 6.40. The van der Waals surface area contributed by atoms with Crippen LogP contribution in [0.2, 0.25) is 10.0 Å². The van der Waals surface area contributed by atoms with Crippen LogP contribution in [0.3, 0.4) is 0 Å². The van der Waals surface area contributed by atoms with Gasteiger partial charge in [0.25, 0.3) is 0 Å². The molecule has 0 amide bonds. The van der Waals surface area contributed by atoms with Crippen molar-refractivity contribution in [2.24, 2.45) is 0 Å². The zero-order chi connectivity index (χ0) is 18.5. The number of hydrogen-bond donors (Lipinski definition) is 0. The molecule has 136 valence electrons. The van der Waals surface area contributed by atoms with E-state index < -0.39 is 0 Å². The molecule has 0 aliphatic carbocycles. The first-order valence-corrected chi connectivity index (χ1v) is 9.68. The molecule has 0 saturated carbocycles. The van der Waals surface area contributed by atoms with Crippen molar-refractivity contribution in [3.63, 3.8) is 0 Å². The third-order valence-corrected chi connectivity index (χ3v) is 5.28. The molecule has 0 aliphatic heterocycles. The number of halogens is 3. The van der Waals surface area contributed by atoms with Gasteiger partial charge in [-0.2, -0.15) is 0 Å². The fourth-order valence-corrected chi connectivity index (χ4v) is 3.77. The summed E-state index contributed by atoms with van der Waals surface area (Å²) in [5, 5.41) is 10.3. The predicted molar refractivity (Wildman–Crippen MR) is 102 cm³/mol. The van der Waals surface area contributed by atoms with Gasteiger partial charge in [0.05, 0.1) is 0 Å². The van der Waals surface area contributed by atoms with Gasteiger partial charge < -0.3 is 9.30 Å². The van der Waals surface area contributed by atoms with Gasteiger partial charge in [-0.05, 0) is 48.9 Å². The number of ether oxygens (including phenoxy) is 1. The summed E-state index contributed by atoms with van der Waals surface area (Å²) >= 11 is 13.4. The SMILES string of the molecule is CCn1c(COc2ccc(Cl)cc2)nnc1SCc1ccc(F)cc1Cl. The highest BCUT2D eigenvalue weighted by atomic mass is 35.5. The summed E-state index contributed by atoms with van der Waals surface area (Å²) in [5.74, 6) is 1.68. The van der Waals surface area contributed by atoms with Crippen LogP contribution >= 0.6 is 35.0 Å². The largest absolute Gasteiger partial charge is 0.486 e. The van der Waals surface area contributed by atoms with E-state index in [0.29, 0.717) is 34.7 Å². The molecule has 3 rings (SSSR count). The maximum absolute atomic E-state index is 13.1. The van der Waals surface area contributed by atoms with Gasteiger partial charge in [0.2, 0.25) is 0 Å². The van der Waals surface area contributed by atoms with E-state index >= 15 is 0 Å². The molecule has 2 aromatic carbocycles. The Morgan fingerprint density at radius 1 is 1.12 bits per heavy atom. The zero-order valence-corrected chi connectivity index (χ0v) is 16.3. The van der Waals surface area contributed by atoms with Gasteiger partial charge in [0, 0.05) is 22.3 Å². The molecule has 0 N–H and O–H groups in total. The van der Waals surface area contributed by atoms with Crippen LogP contribution in [-0.4, -0.2) is 14.8 Å². The van der Waals surface area contributed by atoms with Crippen molar-refractivity contribution >= 4 is 35.0 Å². The highest BCUT2D eigenvalue weighted by molar-refractivity contribution is 7.98. The van der Waals surface area contributed by atoms with Crippen LogP contribution in [0, 0.1) is 5.82 Å². The minimum atomic E-state index is -0.345. The van der Waals surface area contributed by atoms with Gasteiger partial charge >= 0.3 is 0 Å². The maximum Gasteiger partial charge on any atom is 0.191 e. The van der Waals surface area contributed by atoms with Crippen LogP contribution in [0.1, 0.15) is 18.3 Å². The smallest absolute Gasteiger partial charge is 0.191 e. The van der Waals surface area contributed by atoms with E-state index in [9.17, 15) is 4.39 Å². The molecule has 1 aromatic heterocycles. The minimum absolute atomic E-state index is 0.306. The summed E-state index contributed by atoms with van der Waals surface area (Å²) in [6, 6.07) is 11.6. The van der Waals surface area contributed by atoms with Gasteiger partial charge in [0.15, 0.2) is 11.0 Å². The summed E-state index contributed by atoms with van der Waals surface area (Å²) in [4.78, 5) is 0. The number of hydrogen-bond acceptors (Lipinski definition) is 4. The average Bonchev–Trinajstić information content (AvgIpc) is 3.02. The highest BCUT2D eigenvalue weighted by Crippen LogP contribution is 2.27. The Morgan fingerprint density at radius 2 is 1.88 bits per heavy atom. The molecule has 26 heavy (non-hydrogen) atoms.